The Morgan fingerprint density at radius 2 is 2.28 bits per heavy atom. The van der Waals surface area contributed by atoms with Crippen molar-refractivity contribution in [1.82, 2.24) is 9.88 Å². The van der Waals surface area contributed by atoms with Crippen molar-refractivity contribution in [2.24, 2.45) is 0 Å². The average Bonchev–Trinajstić information content (AvgIpc) is 2.82. The molecule has 0 spiro atoms. The summed E-state index contributed by atoms with van der Waals surface area (Å²) in [5.74, 6) is -0.0509. The van der Waals surface area contributed by atoms with Crippen LogP contribution in [-0.2, 0) is 4.74 Å². The first-order chi connectivity index (χ1) is 8.37. The zero-order valence-corrected chi connectivity index (χ0v) is 11.6. The van der Waals surface area contributed by atoms with Gasteiger partial charge in [-0.1, -0.05) is 0 Å². The molecule has 0 aromatic carbocycles. The monoisotopic (exact) mass is 270 g/mol. The van der Waals surface area contributed by atoms with E-state index in [1.54, 1.807) is 16.6 Å². The molecule has 1 fully saturated rings. The molecular formula is C12H18N2O3S. The molecule has 2 atom stereocenters. The fourth-order valence-electron chi connectivity index (χ4n) is 1.95. The molecule has 1 amide bonds. The SMILES string of the molecule is CC(C)(C)OC(=O)N1C[C@H](c2cncs2)[C@@H](O)C1. The Morgan fingerprint density at radius 1 is 1.56 bits per heavy atom. The third-order valence-electron chi connectivity index (χ3n) is 2.76. The van der Waals surface area contributed by atoms with Crippen LogP contribution in [0.5, 0.6) is 0 Å². The average molecular weight is 270 g/mol. The van der Waals surface area contributed by atoms with Crippen LogP contribution < -0.4 is 0 Å². The second-order valence-electron chi connectivity index (χ2n) is 5.46. The van der Waals surface area contributed by atoms with Crippen molar-refractivity contribution >= 4 is 17.4 Å². The molecule has 2 rings (SSSR count). The van der Waals surface area contributed by atoms with Crippen molar-refractivity contribution in [3.63, 3.8) is 0 Å². The van der Waals surface area contributed by atoms with Gasteiger partial charge in [0.2, 0.25) is 0 Å². The first-order valence-corrected chi connectivity index (χ1v) is 6.79. The molecule has 1 aromatic rings. The van der Waals surface area contributed by atoms with E-state index in [0.29, 0.717) is 13.1 Å². The van der Waals surface area contributed by atoms with Gasteiger partial charge in [0, 0.05) is 23.5 Å². The summed E-state index contributed by atoms with van der Waals surface area (Å²) in [6, 6.07) is 0. The summed E-state index contributed by atoms with van der Waals surface area (Å²) >= 11 is 1.50. The highest BCUT2D eigenvalue weighted by molar-refractivity contribution is 7.09. The van der Waals surface area contributed by atoms with Gasteiger partial charge in [-0.3, -0.25) is 4.98 Å². The van der Waals surface area contributed by atoms with Crippen LogP contribution in [0.4, 0.5) is 4.79 Å². The van der Waals surface area contributed by atoms with Crippen LogP contribution in [0.2, 0.25) is 0 Å². The van der Waals surface area contributed by atoms with E-state index in [2.05, 4.69) is 4.98 Å². The standard InChI is InChI=1S/C12H18N2O3S/c1-12(2,3)17-11(16)14-5-8(9(15)6-14)10-4-13-7-18-10/h4,7-9,15H,5-6H2,1-3H3/t8-,9-/m0/s1. The van der Waals surface area contributed by atoms with Crippen LogP contribution in [0.3, 0.4) is 0 Å². The van der Waals surface area contributed by atoms with E-state index < -0.39 is 11.7 Å². The first kappa shape index (κ1) is 13.3. The van der Waals surface area contributed by atoms with Crippen molar-refractivity contribution in [3.8, 4) is 0 Å². The van der Waals surface area contributed by atoms with E-state index >= 15 is 0 Å². The molecule has 1 N–H and O–H groups in total. The lowest BCUT2D eigenvalue weighted by molar-refractivity contribution is 0.0270. The Bertz CT molecular complexity index is 413. The van der Waals surface area contributed by atoms with Crippen molar-refractivity contribution in [1.29, 1.82) is 0 Å². The molecular weight excluding hydrogens is 252 g/mol. The molecule has 1 aliphatic heterocycles. The highest BCUT2D eigenvalue weighted by Gasteiger charge is 2.37. The predicted molar refractivity (Wildman–Crippen MR) is 68.7 cm³/mol. The quantitative estimate of drug-likeness (QED) is 0.845. The Morgan fingerprint density at radius 3 is 2.83 bits per heavy atom. The Labute approximate surface area is 110 Å². The zero-order chi connectivity index (χ0) is 13.3. The molecule has 1 aliphatic rings. The number of ether oxygens (including phenoxy) is 1. The Kier molecular flexibility index (Phi) is 3.59. The maximum Gasteiger partial charge on any atom is 0.410 e. The number of likely N-dealkylation sites (tertiary alicyclic amines) is 1. The lowest BCUT2D eigenvalue weighted by atomic mass is 10.1. The molecule has 0 bridgehead atoms. The predicted octanol–water partition coefficient (Wildman–Crippen LogP) is 1.84. The number of carbonyl (C=O) groups excluding carboxylic acids is 1. The van der Waals surface area contributed by atoms with E-state index in [4.69, 9.17) is 4.74 Å². The van der Waals surface area contributed by atoms with Crippen LogP contribution in [0, 0.1) is 0 Å². The lowest BCUT2D eigenvalue weighted by Crippen LogP contribution is -2.35. The largest absolute Gasteiger partial charge is 0.444 e. The van der Waals surface area contributed by atoms with Crippen LogP contribution in [-0.4, -0.2) is 45.9 Å². The topological polar surface area (TPSA) is 62.7 Å². The number of carbonyl (C=O) groups is 1. The number of aromatic nitrogens is 1. The van der Waals surface area contributed by atoms with Gasteiger partial charge < -0.3 is 14.7 Å². The summed E-state index contributed by atoms with van der Waals surface area (Å²) < 4.78 is 5.30. The van der Waals surface area contributed by atoms with Gasteiger partial charge in [0.15, 0.2) is 0 Å². The number of aliphatic hydroxyl groups excluding tert-OH is 1. The van der Waals surface area contributed by atoms with Crippen molar-refractivity contribution in [2.75, 3.05) is 13.1 Å². The Balaban J connectivity index is 2.00. The summed E-state index contributed by atoms with van der Waals surface area (Å²) in [5.41, 5.74) is 1.22. The summed E-state index contributed by atoms with van der Waals surface area (Å²) in [6.07, 6.45) is 0.837. The molecule has 100 valence electrons. The second kappa shape index (κ2) is 4.85. The molecule has 0 saturated carbocycles. The van der Waals surface area contributed by atoms with Crippen LogP contribution in [0.1, 0.15) is 31.6 Å². The van der Waals surface area contributed by atoms with Crippen LogP contribution in [0.25, 0.3) is 0 Å². The molecule has 5 nitrogen and oxygen atoms in total. The number of β-amino-alcohol motifs (C(OH)–C–C–N with tert-alkyl or cyclic N) is 1. The van der Waals surface area contributed by atoms with Crippen LogP contribution >= 0.6 is 11.3 Å². The van der Waals surface area contributed by atoms with Crippen LogP contribution in [0.15, 0.2) is 11.7 Å². The molecule has 0 unspecified atom stereocenters. The summed E-state index contributed by atoms with van der Waals surface area (Å²) in [7, 11) is 0. The third-order valence-corrected chi connectivity index (χ3v) is 3.67. The number of amides is 1. The van der Waals surface area contributed by atoms with E-state index in [9.17, 15) is 9.90 Å². The molecule has 0 aliphatic carbocycles. The molecule has 1 aromatic heterocycles. The number of aliphatic hydroxyl groups is 1. The normalized spacial score (nSPS) is 24.3. The van der Waals surface area contributed by atoms with Crippen molar-refractivity contribution < 1.29 is 14.6 Å². The van der Waals surface area contributed by atoms with E-state index in [-0.39, 0.29) is 12.0 Å². The van der Waals surface area contributed by atoms with Gasteiger partial charge >= 0.3 is 6.09 Å². The van der Waals surface area contributed by atoms with Crippen molar-refractivity contribution in [2.45, 2.75) is 38.4 Å². The highest BCUT2D eigenvalue weighted by Crippen LogP contribution is 2.30. The van der Waals surface area contributed by atoms with E-state index in [1.807, 2.05) is 20.8 Å². The van der Waals surface area contributed by atoms with Gasteiger partial charge in [0.05, 0.1) is 18.2 Å². The minimum atomic E-state index is -0.544. The van der Waals surface area contributed by atoms with Gasteiger partial charge in [-0.05, 0) is 20.8 Å². The molecule has 1 saturated heterocycles. The minimum Gasteiger partial charge on any atom is -0.444 e. The smallest absolute Gasteiger partial charge is 0.410 e. The third kappa shape index (κ3) is 3.00. The van der Waals surface area contributed by atoms with E-state index in [1.165, 1.54) is 11.3 Å². The molecule has 6 heteroatoms. The number of nitrogens with zero attached hydrogens (tertiary/aromatic N) is 2. The fourth-order valence-corrected chi connectivity index (χ4v) is 2.72. The summed E-state index contributed by atoms with van der Waals surface area (Å²) in [4.78, 5) is 18.5. The second-order valence-corrected chi connectivity index (χ2v) is 6.38. The van der Waals surface area contributed by atoms with Gasteiger partial charge in [0.1, 0.15) is 5.60 Å². The summed E-state index contributed by atoms with van der Waals surface area (Å²) in [5, 5.41) is 10.0. The van der Waals surface area contributed by atoms with Gasteiger partial charge in [-0.2, -0.15) is 0 Å². The highest BCUT2D eigenvalue weighted by atomic mass is 32.1. The van der Waals surface area contributed by atoms with E-state index in [0.717, 1.165) is 4.88 Å². The first-order valence-electron chi connectivity index (χ1n) is 5.91. The minimum absolute atomic E-state index is 0.0509. The number of hydrogen-bond acceptors (Lipinski definition) is 5. The number of hydrogen-bond donors (Lipinski definition) is 1. The molecule has 0 radical (unpaired) electrons. The van der Waals surface area contributed by atoms with Gasteiger partial charge in [-0.15, -0.1) is 11.3 Å². The lowest BCUT2D eigenvalue weighted by Gasteiger charge is -2.24. The van der Waals surface area contributed by atoms with Crippen molar-refractivity contribution in [3.05, 3.63) is 16.6 Å². The van der Waals surface area contributed by atoms with Gasteiger partial charge in [0.25, 0.3) is 0 Å². The maximum atomic E-state index is 11.9. The zero-order valence-electron chi connectivity index (χ0n) is 10.8. The Hall–Kier alpha value is -1.14. The maximum absolute atomic E-state index is 11.9. The summed E-state index contributed by atoms with van der Waals surface area (Å²) in [6.45, 7) is 6.30. The fraction of sp³-hybridized carbons (Fsp3) is 0.667. The number of rotatable bonds is 1. The van der Waals surface area contributed by atoms with Gasteiger partial charge in [-0.25, -0.2) is 4.79 Å². The molecule has 2 heterocycles. The molecule has 18 heavy (non-hydrogen) atoms. The number of thiazole rings is 1.